The zero-order valence-corrected chi connectivity index (χ0v) is 12.8. The summed E-state index contributed by atoms with van der Waals surface area (Å²) in [5.74, 6) is 0. The van der Waals surface area contributed by atoms with E-state index in [2.05, 4.69) is 29.0 Å². The highest BCUT2D eigenvalue weighted by Crippen LogP contribution is 2.47. The molecule has 0 saturated heterocycles. The van der Waals surface area contributed by atoms with Crippen molar-refractivity contribution in [2.75, 3.05) is 31.1 Å². The van der Waals surface area contributed by atoms with Crippen LogP contribution in [-0.2, 0) is 6.54 Å². The molecule has 1 aromatic heterocycles. The topological polar surface area (TPSA) is 48.4 Å². The average molecular weight is 283 g/mol. The van der Waals surface area contributed by atoms with Crippen LogP contribution >= 0.6 is 11.3 Å². The molecule has 1 aromatic rings. The molecule has 19 heavy (non-hydrogen) atoms. The number of aromatic nitrogens is 1. The van der Waals surface area contributed by atoms with Gasteiger partial charge in [0.25, 0.3) is 0 Å². The summed E-state index contributed by atoms with van der Waals surface area (Å²) < 4.78 is 0. The standard InChI is InChI=1S/C14H25N3OS/c1-3-17(4-2)13-16-10-12(19-13)9-15-11-14(5-6-14)7-8-18/h10,15,18H,3-9,11H2,1-2H3. The Morgan fingerprint density at radius 1 is 1.42 bits per heavy atom. The highest BCUT2D eigenvalue weighted by Gasteiger charge is 2.41. The molecule has 1 fully saturated rings. The minimum absolute atomic E-state index is 0.314. The number of anilines is 1. The molecule has 2 rings (SSSR count). The molecule has 108 valence electrons. The van der Waals surface area contributed by atoms with E-state index in [-0.39, 0.29) is 0 Å². The van der Waals surface area contributed by atoms with Crippen molar-refractivity contribution < 1.29 is 5.11 Å². The van der Waals surface area contributed by atoms with Gasteiger partial charge in [-0.15, -0.1) is 11.3 Å². The van der Waals surface area contributed by atoms with Gasteiger partial charge in [0.2, 0.25) is 0 Å². The zero-order chi connectivity index (χ0) is 13.7. The van der Waals surface area contributed by atoms with E-state index in [0.717, 1.165) is 37.7 Å². The predicted octanol–water partition coefficient (Wildman–Crippen LogP) is 2.24. The SMILES string of the molecule is CCN(CC)c1ncc(CNCC2(CCO)CC2)s1. The lowest BCUT2D eigenvalue weighted by molar-refractivity contribution is 0.245. The first kappa shape index (κ1) is 14.8. The lowest BCUT2D eigenvalue weighted by Crippen LogP contribution is -2.24. The van der Waals surface area contributed by atoms with E-state index in [1.165, 1.54) is 17.7 Å². The Labute approximate surface area is 119 Å². The van der Waals surface area contributed by atoms with Crippen molar-refractivity contribution in [3.8, 4) is 0 Å². The molecule has 2 N–H and O–H groups in total. The van der Waals surface area contributed by atoms with Gasteiger partial charge in [-0.25, -0.2) is 4.98 Å². The Morgan fingerprint density at radius 2 is 2.16 bits per heavy atom. The smallest absolute Gasteiger partial charge is 0.185 e. The van der Waals surface area contributed by atoms with E-state index in [1.54, 1.807) is 11.3 Å². The molecule has 0 amide bonds. The maximum atomic E-state index is 9.04. The molecule has 0 atom stereocenters. The Hall–Kier alpha value is -0.650. The van der Waals surface area contributed by atoms with Crippen molar-refractivity contribution in [3.05, 3.63) is 11.1 Å². The van der Waals surface area contributed by atoms with Crippen LogP contribution < -0.4 is 10.2 Å². The van der Waals surface area contributed by atoms with Crippen LogP contribution in [0.1, 0.15) is 38.0 Å². The van der Waals surface area contributed by atoms with Crippen molar-refractivity contribution in [3.63, 3.8) is 0 Å². The molecule has 1 saturated carbocycles. The fourth-order valence-corrected chi connectivity index (χ4v) is 3.41. The monoisotopic (exact) mass is 283 g/mol. The molecule has 1 aliphatic rings. The second-order valence-corrected chi connectivity index (χ2v) is 6.45. The van der Waals surface area contributed by atoms with Crippen molar-refractivity contribution in [2.45, 2.75) is 39.7 Å². The molecule has 1 heterocycles. The summed E-state index contributed by atoms with van der Waals surface area (Å²) in [6.07, 6.45) is 5.44. The van der Waals surface area contributed by atoms with Gasteiger partial charge in [-0.1, -0.05) is 0 Å². The summed E-state index contributed by atoms with van der Waals surface area (Å²) in [5, 5.41) is 13.7. The van der Waals surface area contributed by atoms with Crippen molar-refractivity contribution in [1.82, 2.24) is 10.3 Å². The maximum Gasteiger partial charge on any atom is 0.185 e. The molecule has 0 bridgehead atoms. The van der Waals surface area contributed by atoms with Crippen molar-refractivity contribution >= 4 is 16.5 Å². The van der Waals surface area contributed by atoms with E-state index in [1.807, 2.05) is 6.20 Å². The maximum absolute atomic E-state index is 9.04. The number of aliphatic hydroxyl groups excluding tert-OH is 1. The minimum Gasteiger partial charge on any atom is -0.396 e. The number of aliphatic hydroxyl groups is 1. The second kappa shape index (κ2) is 6.68. The Kier molecular flexibility index (Phi) is 5.19. The molecular formula is C14H25N3OS. The van der Waals surface area contributed by atoms with E-state index >= 15 is 0 Å². The number of nitrogens with zero attached hydrogens (tertiary/aromatic N) is 2. The lowest BCUT2D eigenvalue weighted by atomic mass is 10.0. The van der Waals surface area contributed by atoms with E-state index < -0.39 is 0 Å². The van der Waals surface area contributed by atoms with Gasteiger partial charge in [0.05, 0.1) is 0 Å². The van der Waals surface area contributed by atoms with E-state index in [0.29, 0.717) is 12.0 Å². The lowest BCUT2D eigenvalue weighted by Gasteiger charge is -2.16. The summed E-state index contributed by atoms with van der Waals surface area (Å²) in [6.45, 7) is 8.57. The Balaban J connectivity index is 1.77. The largest absolute Gasteiger partial charge is 0.396 e. The van der Waals surface area contributed by atoms with Crippen LogP contribution in [-0.4, -0.2) is 36.3 Å². The van der Waals surface area contributed by atoms with Gasteiger partial charge < -0.3 is 15.3 Å². The van der Waals surface area contributed by atoms with Crippen LogP contribution in [0.5, 0.6) is 0 Å². The van der Waals surface area contributed by atoms with Crippen molar-refractivity contribution in [2.24, 2.45) is 5.41 Å². The summed E-state index contributed by atoms with van der Waals surface area (Å²) in [5.41, 5.74) is 0.390. The summed E-state index contributed by atoms with van der Waals surface area (Å²) in [7, 11) is 0. The number of hydrogen-bond acceptors (Lipinski definition) is 5. The van der Waals surface area contributed by atoms with Gasteiger partial charge in [0.1, 0.15) is 0 Å². The number of hydrogen-bond donors (Lipinski definition) is 2. The average Bonchev–Trinajstić information content (AvgIpc) is 3.00. The predicted molar refractivity (Wildman–Crippen MR) is 80.8 cm³/mol. The van der Waals surface area contributed by atoms with Crippen LogP contribution in [0.15, 0.2) is 6.20 Å². The first-order valence-electron chi connectivity index (χ1n) is 7.24. The van der Waals surface area contributed by atoms with Gasteiger partial charge in [-0.2, -0.15) is 0 Å². The highest BCUT2D eigenvalue weighted by atomic mass is 32.1. The van der Waals surface area contributed by atoms with Crippen LogP contribution in [0.25, 0.3) is 0 Å². The second-order valence-electron chi connectivity index (χ2n) is 5.36. The fourth-order valence-electron chi connectivity index (χ4n) is 2.40. The van der Waals surface area contributed by atoms with Gasteiger partial charge in [0.15, 0.2) is 5.13 Å². The molecule has 0 aliphatic heterocycles. The van der Waals surface area contributed by atoms with Crippen LogP contribution in [0, 0.1) is 5.41 Å². The molecular weight excluding hydrogens is 258 g/mol. The Bertz CT molecular complexity index is 386. The van der Waals surface area contributed by atoms with Gasteiger partial charge in [0, 0.05) is 43.9 Å². The van der Waals surface area contributed by atoms with E-state index in [9.17, 15) is 0 Å². The van der Waals surface area contributed by atoms with Gasteiger partial charge in [-0.3, -0.25) is 0 Å². The first-order chi connectivity index (χ1) is 9.23. The van der Waals surface area contributed by atoms with Crippen LogP contribution in [0.4, 0.5) is 5.13 Å². The fraction of sp³-hybridized carbons (Fsp3) is 0.786. The number of nitrogens with one attached hydrogen (secondary N) is 1. The van der Waals surface area contributed by atoms with Gasteiger partial charge >= 0.3 is 0 Å². The number of rotatable bonds is 9. The van der Waals surface area contributed by atoms with Crippen LogP contribution in [0.3, 0.4) is 0 Å². The molecule has 5 heteroatoms. The quantitative estimate of drug-likeness (QED) is 0.730. The first-order valence-corrected chi connectivity index (χ1v) is 8.06. The molecule has 0 spiro atoms. The Morgan fingerprint density at radius 3 is 2.74 bits per heavy atom. The molecule has 0 unspecified atom stereocenters. The normalized spacial score (nSPS) is 16.6. The van der Waals surface area contributed by atoms with E-state index in [4.69, 9.17) is 5.11 Å². The third-order valence-corrected chi connectivity index (χ3v) is 5.03. The van der Waals surface area contributed by atoms with Gasteiger partial charge in [-0.05, 0) is 38.5 Å². The molecule has 0 aromatic carbocycles. The number of thiazole rings is 1. The molecule has 0 radical (unpaired) electrons. The highest BCUT2D eigenvalue weighted by molar-refractivity contribution is 7.15. The third kappa shape index (κ3) is 3.91. The van der Waals surface area contributed by atoms with Crippen LogP contribution in [0.2, 0.25) is 0 Å². The van der Waals surface area contributed by atoms with Crippen molar-refractivity contribution in [1.29, 1.82) is 0 Å². The summed E-state index contributed by atoms with van der Waals surface area (Å²) in [6, 6.07) is 0. The third-order valence-electron chi connectivity index (χ3n) is 3.97. The molecule has 1 aliphatic carbocycles. The summed E-state index contributed by atoms with van der Waals surface area (Å²) >= 11 is 1.78. The minimum atomic E-state index is 0.314. The summed E-state index contributed by atoms with van der Waals surface area (Å²) in [4.78, 5) is 8.06. The zero-order valence-electron chi connectivity index (χ0n) is 12.0. The molecule has 4 nitrogen and oxygen atoms in total.